The number of hydrogen-bond donors (Lipinski definition) is 1. The molecule has 1 aromatic rings. The summed E-state index contributed by atoms with van der Waals surface area (Å²) in [5, 5.41) is 12.4. The highest BCUT2D eigenvalue weighted by Gasteiger charge is 2.17. The van der Waals surface area contributed by atoms with Gasteiger partial charge in [-0.2, -0.15) is 0 Å². The first-order valence-electron chi connectivity index (χ1n) is 16.1. The lowest BCUT2D eigenvalue weighted by molar-refractivity contribution is -0.757. The number of nitrogens with zero attached hydrogens (tertiary/aromatic N) is 4. The molecule has 1 N–H and O–H groups in total. The minimum Gasteiger partial charge on any atom is -0.354 e. The van der Waals surface area contributed by atoms with Crippen LogP contribution in [0, 0.1) is 10.1 Å². The van der Waals surface area contributed by atoms with Crippen molar-refractivity contribution in [2.45, 2.75) is 116 Å². The monoisotopic (exact) mass is 561 g/mol. The predicted molar refractivity (Wildman–Crippen MR) is 162 cm³/mol. The number of pyridine rings is 1. The van der Waals surface area contributed by atoms with Gasteiger partial charge in [0.1, 0.15) is 5.82 Å². The van der Waals surface area contributed by atoms with Gasteiger partial charge in [-0.3, -0.25) is 9.69 Å². The number of unbranched alkanes of at least 4 members (excludes halogenated alkanes) is 15. The second-order valence-corrected chi connectivity index (χ2v) is 11.2. The topological polar surface area (TPSA) is 101 Å². The fraction of sp³-hybridized carbons (Fsp3) is 0.806. The van der Waals surface area contributed by atoms with Crippen molar-refractivity contribution >= 4 is 11.7 Å². The van der Waals surface area contributed by atoms with E-state index in [1.807, 2.05) is 12.1 Å². The van der Waals surface area contributed by atoms with Crippen LogP contribution < -0.4 is 10.2 Å². The molecule has 0 atom stereocenters. The minimum absolute atomic E-state index is 0.0212. The van der Waals surface area contributed by atoms with Gasteiger partial charge in [-0.1, -0.05) is 96.8 Å². The SMILES string of the molecule is CCCN1CCN(c2ccc(C(=O)NCCCCCCCCCCCCCCCCCCO[N+](=O)[O-])cn2)CC1. The highest BCUT2D eigenvalue weighted by Crippen LogP contribution is 2.15. The Morgan fingerprint density at radius 1 is 0.850 bits per heavy atom. The quantitative estimate of drug-likeness (QED) is 0.0842. The van der Waals surface area contributed by atoms with Gasteiger partial charge in [-0.05, 0) is 37.9 Å². The van der Waals surface area contributed by atoms with Crippen LogP contribution in [0.3, 0.4) is 0 Å². The fourth-order valence-electron chi connectivity index (χ4n) is 5.37. The summed E-state index contributed by atoms with van der Waals surface area (Å²) in [7, 11) is 0. The number of rotatable bonds is 24. The van der Waals surface area contributed by atoms with E-state index in [0.29, 0.717) is 5.56 Å². The van der Waals surface area contributed by atoms with Crippen molar-refractivity contribution in [2.75, 3.05) is 50.8 Å². The third-order valence-corrected chi connectivity index (χ3v) is 7.80. The standard InChI is InChI=1S/C31H55N5O4/c1-2-22-34-23-25-35(26-24-34)30-20-19-29(28-33-30)31(37)32-21-17-15-13-11-9-7-5-3-4-6-8-10-12-14-16-18-27-40-36(38)39/h19-20,28H,2-18,21-27H2,1H3,(H,32,37). The van der Waals surface area contributed by atoms with E-state index in [-0.39, 0.29) is 12.5 Å². The summed E-state index contributed by atoms with van der Waals surface area (Å²) in [5.41, 5.74) is 0.645. The summed E-state index contributed by atoms with van der Waals surface area (Å²) in [6.07, 6.45) is 22.4. The molecule has 9 nitrogen and oxygen atoms in total. The number of carbonyl (C=O) groups excluding carboxylic acids is 1. The molecule has 1 fully saturated rings. The highest BCUT2D eigenvalue weighted by molar-refractivity contribution is 5.94. The second-order valence-electron chi connectivity index (χ2n) is 11.2. The summed E-state index contributed by atoms with van der Waals surface area (Å²) in [4.78, 5) is 36.2. The number of hydrogen-bond acceptors (Lipinski definition) is 7. The zero-order valence-corrected chi connectivity index (χ0v) is 25.1. The second kappa shape index (κ2) is 22.3. The average molecular weight is 562 g/mol. The molecule has 1 saturated heterocycles. The molecule has 1 aliphatic heterocycles. The third-order valence-electron chi connectivity index (χ3n) is 7.80. The van der Waals surface area contributed by atoms with E-state index < -0.39 is 5.09 Å². The summed E-state index contributed by atoms with van der Waals surface area (Å²) in [6, 6.07) is 3.89. The first kappa shape index (κ1) is 33.8. The van der Waals surface area contributed by atoms with Crippen LogP contribution in [-0.2, 0) is 4.84 Å². The van der Waals surface area contributed by atoms with Crippen LogP contribution in [0.1, 0.15) is 126 Å². The van der Waals surface area contributed by atoms with Gasteiger partial charge in [0.25, 0.3) is 11.0 Å². The van der Waals surface area contributed by atoms with Crippen molar-refractivity contribution in [3.63, 3.8) is 0 Å². The van der Waals surface area contributed by atoms with Crippen molar-refractivity contribution in [3.05, 3.63) is 34.0 Å². The maximum atomic E-state index is 12.5. The molecule has 40 heavy (non-hydrogen) atoms. The molecule has 9 heteroatoms. The summed E-state index contributed by atoms with van der Waals surface area (Å²) < 4.78 is 0. The van der Waals surface area contributed by atoms with Crippen molar-refractivity contribution in [2.24, 2.45) is 0 Å². The van der Waals surface area contributed by atoms with Crippen LogP contribution in [-0.4, -0.2) is 66.8 Å². The first-order chi connectivity index (χ1) is 19.6. The van der Waals surface area contributed by atoms with Crippen molar-refractivity contribution < 1.29 is 14.7 Å². The Balaban J connectivity index is 1.34. The minimum atomic E-state index is -0.709. The normalized spacial score (nSPS) is 13.9. The molecular formula is C31H55N5O4. The van der Waals surface area contributed by atoms with Crippen LogP contribution in [0.15, 0.2) is 18.3 Å². The molecule has 0 saturated carbocycles. The molecule has 1 amide bonds. The van der Waals surface area contributed by atoms with Gasteiger partial charge in [0.2, 0.25) is 0 Å². The molecule has 0 aliphatic carbocycles. The molecular weight excluding hydrogens is 506 g/mol. The van der Waals surface area contributed by atoms with E-state index in [9.17, 15) is 14.9 Å². The van der Waals surface area contributed by atoms with Gasteiger partial charge in [0.15, 0.2) is 0 Å². The number of carbonyl (C=O) groups is 1. The first-order valence-corrected chi connectivity index (χ1v) is 16.1. The lowest BCUT2D eigenvalue weighted by Crippen LogP contribution is -2.46. The van der Waals surface area contributed by atoms with Crippen molar-refractivity contribution in [1.29, 1.82) is 0 Å². The predicted octanol–water partition coefficient (Wildman–Crippen LogP) is 6.79. The van der Waals surface area contributed by atoms with Crippen LogP contribution in [0.25, 0.3) is 0 Å². The molecule has 1 aliphatic rings. The number of anilines is 1. The van der Waals surface area contributed by atoms with Crippen molar-refractivity contribution in [3.8, 4) is 0 Å². The Bertz CT molecular complexity index is 784. The lowest BCUT2D eigenvalue weighted by Gasteiger charge is -2.35. The van der Waals surface area contributed by atoms with Gasteiger partial charge in [0.05, 0.1) is 12.2 Å². The van der Waals surface area contributed by atoms with E-state index in [1.54, 1.807) is 6.20 Å². The Morgan fingerprint density at radius 2 is 1.38 bits per heavy atom. The summed E-state index contributed by atoms with van der Waals surface area (Å²) in [5.74, 6) is 0.948. The molecule has 0 aromatic carbocycles. The van der Waals surface area contributed by atoms with Gasteiger partial charge < -0.3 is 15.1 Å². The van der Waals surface area contributed by atoms with E-state index in [1.165, 1.54) is 90.0 Å². The molecule has 228 valence electrons. The van der Waals surface area contributed by atoms with Crippen LogP contribution in [0.2, 0.25) is 0 Å². The Kier molecular flexibility index (Phi) is 18.8. The average Bonchev–Trinajstić information content (AvgIpc) is 2.96. The zero-order chi connectivity index (χ0) is 28.7. The van der Waals surface area contributed by atoms with Gasteiger partial charge in [-0.15, -0.1) is 10.1 Å². The van der Waals surface area contributed by atoms with Gasteiger partial charge in [0, 0.05) is 38.9 Å². The van der Waals surface area contributed by atoms with E-state index in [2.05, 4.69) is 31.9 Å². The highest BCUT2D eigenvalue weighted by atomic mass is 16.9. The van der Waals surface area contributed by atoms with Crippen LogP contribution >= 0.6 is 0 Å². The summed E-state index contributed by atoms with van der Waals surface area (Å²) >= 11 is 0. The molecule has 0 radical (unpaired) electrons. The van der Waals surface area contributed by atoms with E-state index >= 15 is 0 Å². The number of amides is 1. The Labute approximate surface area is 242 Å². The number of aromatic nitrogens is 1. The molecule has 2 heterocycles. The van der Waals surface area contributed by atoms with Gasteiger partial charge >= 0.3 is 0 Å². The molecule has 0 bridgehead atoms. The number of nitrogens with one attached hydrogen (secondary N) is 1. The van der Waals surface area contributed by atoms with E-state index in [0.717, 1.165) is 64.2 Å². The molecule has 0 unspecified atom stereocenters. The Morgan fingerprint density at radius 3 is 1.85 bits per heavy atom. The maximum absolute atomic E-state index is 12.5. The van der Waals surface area contributed by atoms with Crippen LogP contribution in [0.4, 0.5) is 5.82 Å². The largest absolute Gasteiger partial charge is 0.354 e. The number of piperazine rings is 1. The smallest absolute Gasteiger partial charge is 0.294 e. The van der Waals surface area contributed by atoms with Gasteiger partial charge in [-0.25, -0.2) is 4.98 Å². The lowest BCUT2D eigenvalue weighted by atomic mass is 10.0. The maximum Gasteiger partial charge on any atom is 0.294 e. The zero-order valence-electron chi connectivity index (χ0n) is 25.1. The van der Waals surface area contributed by atoms with Crippen molar-refractivity contribution in [1.82, 2.24) is 15.2 Å². The molecule has 1 aromatic heterocycles. The Hall–Kier alpha value is -2.42. The third kappa shape index (κ3) is 16.0. The van der Waals surface area contributed by atoms with E-state index in [4.69, 9.17) is 0 Å². The molecule has 0 spiro atoms. The van der Waals surface area contributed by atoms with Crippen LogP contribution in [0.5, 0.6) is 0 Å². The summed E-state index contributed by atoms with van der Waals surface area (Å²) in [6.45, 7) is 8.51. The fourth-order valence-corrected chi connectivity index (χ4v) is 5.37. The molecule has 2 rings (SSSR count).